The summed E-state index contributed by atoms with van der Waals surface area (Å²) in [7, 11) is 0. The molecule has 0 saturated carbocycles. The van der Waals surface area contributed by atoms with Gasteiger partial charge in [-0.2, -0.15) is 0 Å². The maximum Gasteiger partial charge on any atom is 0.573 e. The van der Waals surface area contributed by atoms with Crippen molar-refractivity contribution >= 4 is 11.8 Å². The first-order valence-corrected chi connectivity index (χ1v) is 4.70. The molecular weight excluding hydrogens is 239 g/mol. The zero-order valence-electron chi connectivity index (χ0n) is 8.88. The van der Waals surface area contributed by atoms with Crippen LogP contribution in [0, 0.1) is 0 Å². The van der Waals surface area contributed by atoms with E-state index in [2.05, 4.69) is 14.8 Å². The molecule has 1 N–H and O–H groups in total. The van der Waals surface area contributed by atoms with Gasteiger partial charge in [0, 0.05) is 5.69 Å². The van der Waals surface area contributed by atoms with E-state index in [1.54, 1.807) is 6.92 Å². The maximum atomic E-state index is 11.8. The van der Waals surface area contributed by atoms with E-state index < -0.39 is 12.5 Å². The normalized spacial score (nSPS) is 10.8. The second-order valence-corrected chi connectivity index (χ2v) is 2.92. The highest BCUT2D eigenvalue weighted by molar-refractivity contribution is 5.84. The predicted molar refractivity (Wildman–Crippen MR) is 53.8 cm³/mol. The van der Waals surface area contributed by atoms with Crippen molar-refractivity contribution in [2.45, 2.75) is 13.3 Å². The summed E-state index contributed by atoms with van der Waals surface area (Å²) < 4.78 is 43.8. The molecule has 0 saturated heterocycles. The molecule has 1 rings (SSSR count). The molecule has 0 bridgehead atoms. The van der Waals surface area contributed by atoms with Crippen molar-refractivity contribution in [3.8, 4) is 5.75 Å². The Morgan fingerprint density at radius 2 is 1.88 bits per heavy atom. The lowest BCUT2D eigenvalue weighted by molar-refractivity contribution is -0.274. The highest BCUT2D eigenvalue weighted by Gasteiger charge is 2.30. The molecule has 1 aromatic rings. The van der Waals surface area contributed by atoms with Gasteiger partial charge in [0.05, 0.1) is 6.61 Å². The Balaban J connectivity index is 2.59. The van der Waals surface area contributed by atoms with Crippen LogP contribution < -0.4 is 10.1 Å². The molecule has 0 unspecified atom stereocenters. The van der Waals surface area contributed by atoms with Crippen molar-refractivity contribution < 1.29 is 27.4 Å². The van der Waals surface area contributed by atoms with Crippen LogP contribution >= 0.6 is 0 Å². The van der Waals surface area contributed by atoms with E-state index in [9.17, 15) is 18.0 Å². The number of rotatable bonds is 3. The summed E-state index contributed by atoms with van der Waals surface area (Å²) in [6.45, 7) is 1.85. The Hall–Kier alpha value is -1.92. The van der Waals surface area contributed by atoms with E-state index in [0.717, 1.165) is 12.1 Å². The highest BCUT2D eigenvalue weighted by Crippen LogP contribution is 2.23. The van der Waals surface area contributed by atoms with Crippen LogP contribution in [0.25, 0.3) is 0 Å². The topological polar surface area (TPSA) is 47.6 Å². The van der Waals surface area contributed by atoms with E-state index in [1.165, 1.54) is 12.1 Å². The van der Waals surface area contributed by atoms with Crippen molar-refractivity contribution in [2.24, 2.45) is 0 Å². The number of amides is 1. The smallest absolute Gasteiger partial charge is 0.450 e. The van der Waals surface area contributed by atoms with Crippen LogP contribution in [0.1, 0.15) is 6.92 Å². The van der Waals surface area contributed by atoms with E-state index in [0.29, 0.717) is 5.69 Å². The largest absolute Gasteiger partial charge is 0.573 e. The fourth-order valence-electron chi connectivity index (χ4n) is 1.02. The summed E-state index contributed by atoms with van der Waals surface area (Å²) >= 11 is 0. The summed E-state index contributed by atoms with van der Waals surface area (Å²) in [5.41, 5.74) is 0.318. The zero-order valence-corrected chi connectivity index (χ0v) is 8.88. The number of nitrogens with one attached hydrogen (secondary N) is 1. The van der Waals surface area contributed by atoms with Gasteiger partial charge in [-0.25, -0.2) is 4.79 Å². The van der Waals surface area contributed by atoms with E-state index in [-0.39, 0.29) is 12.4 Å². The van der Waals surface area contributed by atoms with E-state index >= 15 is 0 Å². The fraction of sp³-hybridized carbons (Fsp3) is 0.300. The Kier molecular flexibility index (Phi) is 4.19. The van der Waals surface area contributed by atoms with Crippen molar-refractivity contribution in [1.29, 1.82) is 0 Å². The van der Waals surface area contributed by atoms with Crippen LogP contribution in [0.5, 0.6) is 5.75 Å². The minimum atomic E-state index is -4.73. The van der Waals surface area contributed by atoms with Crippen molar-refractivity contribution in [2.75, 3.05) is 11.9 Å². The van der Waals surface area contributed by atoms with Crippen LogP contribution in [0.15, 0.2) is 24.3 Å². The summed E-state index contributed by atoms with van der Waals surface area (Å²) in [4.78, 5) is 11.0. The van der Waals surface area contributed by atoms with Crippen LogP contribution in [-0.2, 0) is 4.74 Å². The lowest BCUT2D eigenvalue weighted by Crippen LogP contribution is -2.17. The zero-order chi connectivity index (χ0) is 12.9. The first-order chi connectivity index (χ1) is 7.90. The molecule has 0 aliphatic heterocycles. The number of alkyl halides is 3. The third kappa shape index (κ3) is 5.10. The van der Waals surface area contributed by atoms with Crippen molar-refractivity contribution in [3.63, 3.8) is 0 Å². The number of hydrogen-bond acceptors (Lipinski definition) is 3. The molecule has 4 nitrogen and oxygen atoms in total. The molecule has 0 aliphatic rings. The molecular formula is C10H10F3NO3. The molecule has 0 heterocycles. The number of carbonyl (C=O) groups is 1. The first kappa shape index (κ1) is 13.1. The van der Waals surface area contributed by atoms with Gasteiger partial charge in [0.25, 0.3) is 0 Å². The van der Waals surface area contributed by atoms with Gasteiger partial charge < -0.3 is 9.47 Å². The quantitative estimate of drug-likeness (QED) is 0.895. The fourth-order valence-corrected chi connectivity index (χ4v) is 1.02. The lowest BCUT2D eigenvalue weighted by atomic mass is 10.3. The standard InChI is InChI=1S/C10H10F3NO3/c1-2-16-9(15)14-7-3-5-8(6-4-7)17-10(11,12)13/h3-6H,2H2,1H3,(H,14,15). The molecule has 17 heavy (non-hydrogen) atoms. The molecule has 0 atom stereocenters. The van der Waals surface area contributed by atoms with E-state index in [4.69, 9.17) is 0 Å². The Morgan fingerprint density at radius 1 is 1.29 bits per heavy atom. The molecule has 1 aromatic carbocycles. The highest BCUT2D eigenvalue weighted by atomic mass is 19.4. The van der Waals surface area contributed by atoms with Gasteiger partial charge in [0.15, 0.2) is 0 Å². The summed E-state index contributed by atoms with van der Waals surface area (Å²) in [5.74, 6) is -0.355. The monoisotopic (exact) mass is 249 g/mol. The number of ether oxygens (including phenoxy) is 2. The molecule has 94 valence electrons. The second-order valence-electron chi connectivity index (χ2n) is 2.92. The number of benzene rings is 1. The van der Waals surface area contributed by atoms with E-state index in [1.807, 2.05) is 0 Å². The third-order valence-corrected chi connectivity index (χ3v) is 1.61. The van der Waals surface area contributed by atoms with Crippen LogP contribution in [0.3, 0.4) is 0 Å². The molecule has 1 amide bonds. The van der Waals surface area contributed by atoms with Gasteiger partial charge in [-0.1, -0.05) is 0 Å². The molecule has 0 radical (unpaired) electrons. The summed E-state index contributed by atoms with van der Waals surface area (Å²) in [5, 5.41) is 2.33. The van der Waals surface area contributed by atoms with Gasteiger partial charge in [-0.15, -0.1) is 13.2 Å². The first-order valence-electron chi connectivity index (χ1n) is 4.70. The van der Waals surface area contributed by atoms with Crippen LogP contribution in [-0.4, -0.2) is 19.1 Å². The molecule has 7 heteroatoms. The SMILES string of the molecule is CCOC(=O)Nc1ccc(OC(F)(F)F)cc1. The average Bonchev–Trinajstić information content (AvgIpc) is 2.19. The number of halogens is 3. The molecule has 0 fully saturated rings. The van der Waals surface area contributed by atoms with Crippen molar-refractivity contribution in [1.82, 2.24) is 0 Å². The van der Waals surface area contributed by atoms with Gasteiger partial charge in [-0.3, -0.25) is 5.32 Å². The van der Waals surface area contributed by atoms with Crippen LogP contribution in [0.2, 0.25) is 0 Å². The van der Waals surface area contributed by atoms with Gasteiger partial charge in [0.2, 0.25) is 0 Å². The Morgan fingerprint density at radius 3 is 2.35 bits per heavy atom. The third-order valence-electron chi connectivity index (χ3n) is 1.61. The summed E-state index contributed by atoms with van der Waals surface area (Å²) in [6.07, 6.45) is -5.40. The van der Waals surface area contributed by atoms with Crippen LogP contribution in [0.4, 0.5) is 23.7 Å². The molecule has 0 aliphatic carbocycles. The maximum absolute atomic E-state index is 11.8. The predicted octanol–water partition coefficient (Wildman–Crippen LogP) is 3.15. The molecule has 0 spiro atoms. The molecule has 0 aromatic heterocycles. The number of anilines is 1. The lowest BCUT2D eigenvalue weighted by Gasteiger charge is -2.09. The number of carbonyl (C=O) groups excluding carboxylic acids is 1. The van der Waals surface area contributed by atoms with Gasteiger partial charge in [-0.05, 0) is 31.2 Å². The average molecular weight is 249 g/mol. The summed E-state index contributed by atoms with van der Waals surface area (Å²) in [6, 6.07) is 4.74. The van der Waals surface area contributed by atoms with Crippen molar-refractivity contribution in [3.05, 3.63) is 24.3 Å². The van der Waals surface area contributed by atoms with Gasteiger partial charge >= 0.3 is 12.5 Å². The number of hydrogen-bond donors (Lipinski definition) is 1. The van der Waals surface area contributed by atoms with Gasteiger partial charge in [0.1, 0.15) is 5.75 Å². The minimum Gasteiger partial charge on any atom is -0.450 e. The Labute approximate surface area is 95.3 Å². The second kappa shape index (κ2) is 5.42. The minimum absolute atomic E-state index is 0.209. The Bertz CT molecular complexity index is 375.